The van der Waals surface area contributed by atoms with Crippen molar-refractivity contribution < 1.29 is 14.5 Å². The fourth-order valence-electron chi connectivity index (χ4n) is 3.39. The van der Waals surface area contributed by atoms with E-state index in [0.29, 0.717) is 30.6 Å². The summed E-state index contributed by atoms with van der Waals surface area (Å²) in [5.41, 5.74) is 2.53. The predicted molar refractivity (Wildman–Crippen MR) is 105 cm³/mol. The summed E-state index contributed by atoms with van der Waals surface area (Å²) in [6.07, 6.45) is 5.06. The Balaban J connectivity index is 1.30. The van der Waals surface area contributed by atoms with Gasteiger partial charge in [-0.15, -0.1) is 0 Å². The fourth-order valence-corrected chi connectivity index (χ4v) is 3.39. The molecular weight excluding hydrogens is 372 g/mol. The molecule has 0 fully saturated rings. The number of hydrogen-bond acceptors (Lipinski definition) is 5. The number of nitrogens with zero attached hydrogens (tertiary/aromatic N) is 4. The number of carbonyl (C=O) groups excluding carboxylic acids is 2. The molecule has 1 aliphatic heterocycles. The fraction of sp³-hybridized carbons (Fsp3) is 0.190. The molecular formula is C21H18N4O4. The van der Waals surface area contributed by atoms with E-state index in [2.05, 4.69) is 4.98 Å². The lowest BCUT2D eigenvalue weighted by Crippen LogP contribution is -2.30. The molecule has 2 heterocycles. The molecule has 0 spiro atoms. The van der Waals surface area contributed by atoms with E-state index in [1.165, 1.54) is 17.0 Å². The molecule has 146 valence electrons. The summed E-state index contributed by atoms with van der Waals surface area (Å²) in [6.45, 7) is 1.08. The molecule has 1 aliphatic rings. The smallest absolute Gasteiger partial charge is 0.269 e. The van der Waals surface area contributed by atoms with Gasteiger partial charge in [-0.3, -0.25) is 24.6 Å². The van der Waals surface area contributed by atoms with E-state index in [0.717, 1.165) is 17.7 Å². The largest absolute Gasteiger partial charge is 0.337 e. The number of carbonyl (C=O) groups is 2. The van der Waals surface area contributed by atoms with E-state index < -0.39 is 4.92 Å². The SMILES string of the molecule is O=C1c2ccccc2C(=O)N1CCCCn1cnc(-c2ccc([N+](=O)[O-])cc2)c1. The van der Waals surface area contributed by atoms with Crippen LogP contribution in [0.4, 0.5) is 5.69 Å². The first kappa shape index (κ1) is 18.5. The lowest BCUT2D eigenvalue weighted by molar-refractivity contribution is -0.384. The molecule has 0 atom stereocenters. The van der Waals surface area contributed by atoms with Crippen molar-refractivity contribution in [2.45, 2.75) is 19.4 Å². The second kappa shape index (κ2) is 7.67. The van der Waals surface area contributed by atoms with Gasteiger partial charge in [-0.05, 0) is 37.1 Å². The van der Waals surface area contributed by atoms with Gasteiger partial charge >= 0.3 is 0 Å². The van der Waals surface area contributed by atoms with Crippen LogP contribution in [0.25, 0.3) is 11.3 Å². The highest BCUT2D eigenvalue weighted by molar-refractivity contribution is 6.21. The highest BCUT2D eigenvalue weighted by atomic mass is 16.6. The van der Waals surface area contributed by atoms with Crippen LogP contribution in [0.5, 0.6) is 0 Å². The van der Waals surface area contributed by atoms with Gasteiger partial charge in [0.2, 0.25) is 0 Å². The van der Waals surface area contributed by atoms with Crippen LogP contribution in [0.1, 0.15) is 33.6 Å². The first-order chi connectivity index (χ1) is 14.0. The summed E-state index contributed by atoms with van der Waals surface area (Å²) in [5, 5.41) is 10.7. The van der Waals surface area contributed by atoms with E-state index in [1.807, 2.05) is 10.8 Å². The van der Waals surface area contributed by atoms with E-state index in [-0.39, 0.29) is 17.5 Å². The van der Waals surface area contributed by atoms with E-state index in [9.17, 15) is 19.7 Å². The third-order valence-electron chi connectivity index (χ3n) is 4.93. The molecule has 4 rings (SSSR count). The van der Waals surface area contributed by atoms with Crippen LogP contribution < -0.4 is 0 Å². The molecule has 2 amide bonds. The number of benzene rings is 2. The minimum atomic E-state index is -0.434. The minimum Gasteiger partial charge on any atom is -0.337 e. The monoisotopic (exact) mass is 390 g/mol. The predicted octanol–water partition coefficient (Wildman–Crippen LogP) is 3.53. The number of nitro benzene ring substituents is 1. The Morgan fingerprint density at radius 3 is 2.14 bits per heavy atom. The van der Waals surface area contributed by atoms with Crippen molar-refractivity contribution in [3.05, 3.63) is 82.3 Å². The first-order valence-electron chi connectivity index (χ1n) is 9.26. The second-order valence-corrected chi connectivity index (χ2v) is 6.82. The highest BCUT2D eigenvalue weighted by Crippen LogP contribution is 2.23. The van der Waals surface area contributed by atoms with Gasteiger partial charge in [0.25, 0.3) is 17.5 Å². The number of imidazole rings is 1. The van der Waals surface area contributed by atoms with Gasteiger partial charge < -0.3 is 4.57 Å². The summed E-state index contributed by atoms with van der Waals surface area (Å²) in [4.78, 5) is 40.6. The van der Waals surface area contributed by atoms with E-state index in [4.69, 9.17) is 0 Å². The van der Waals surface area contributed by atoms with Gasteiger partial charge in [-0.25, -0.2) is 4.98 Å². The van der Waals surface area contributed by atoms with Gasteiger partial charge in [0.05, 0.1) is 28.1 Å². The standard InChI is InChI=1S/C21H18N4O4/c26-20-17-5-1-2-6-18(17)21(27)24(20)12-4-3-11-23-13-19(22-14-23)15-7-9-16(10-8-15)25(28)29/h1-2,5-10,13-14H,3-4,11-12H2. The lowest BCUT2D eigenvalue weighted by Gasteiger charge is -2.13. The van der Waals surface area contributed by atoms with Crippen molar-refractivity contribution in [3.8, 4) is 11.3 Å². The molecule has 0 N–H and O–H groups in total. The molecule has 2 aromatic carbocycles. The zero-order chi connectivity index (χ0) is 20.4. The highest BCUT2D eigenvalue weighted by Gasteiger charge is 2.34. The Hall–Kier alpha value is -3.81. The Morgan fingerprint density at radius 1 is 0.897 bits per heavy atom. The number of imide groups is 1. The average Bonchev–Trinajstić information content (AvgIpc) is 3.30. The number of amides is 2. The molecule has 0 saturated heterocycles. The summed E-state index contributed by atoms with van der Waals surface area (Å²) >= 11 is 0. The number of aromatic nitrogens is 2. The molecule has 0 aliphatic carbocycles. The van der Waals surface area contributed by atoms with E-state index in [1.54, 1.807) is 42.7 Å². The second-order valence-electron chi connectivity index (χ2n) is 6.82. The third-order valence-corrected chi connectivity index (χ3v) is 4.93. The quantitative estimate of drug-likeness (QED) is 0.266. The molecule has 1 aromatic heterocycles. The van der Waals surface area contributed by atoms with Crippen molar-refractivity contribution >= 4 is 17.5 Å². The number of aryl methyl sites for hydroxylation is 1. The molecule has 0 unspecified atom stereocenters. The number of rotatable bonds is 7. The van der Waals surface area contributed by atoms with Gasteiger partial charge in [0.15, 0.2) is 0 Å². The van der Waals surface area contributed by atoms with Gasteiger partial charge in [0, 0.05) is 37.0 Å². The number of unbranched alkanes of at least 4 members (excludes halogenated alkanes) is 1. The van der Waals surface area contributed by atoms with Crippen LogP contribution >= 0.6 is 0 Å². The number of fused-ring (bicyclic) bond motifs is 1. The molecule has 0 saturated carbocycles. The van der Waals surface area contributed by atoms with Crippen LogP contribution in [0.3, 0.4) is 0 Å². The summed E-state index contributed by atoms with van der Waals surface area (Å²) in [7, 11) is 0. The Morgan fingerprint density at radius 2 is 1.52 bits per heavy atom. The molecule has 8 heteroatoms. The van der Waals surface area contributed by atoms with Crippen molar-refractivity contribution in [3.63, 3.8) is 0 Å². The minimum absolute atomic E-state index is 0.0429. The third kappa shape index (κ3) is 3.64. The summed E-state index contributed by atoms with van der Waals surface area (Å²) in [5.74, 6) is -0.456. The first-order valence-corrected chi connectivity index (χ1v) is 9.26. The molecule has 0 bridgehead atoms. The molecule has 3 aromatic rings. The zero-order valence-corrected chi connectivity index (χ0v) is 15.5. The summed E-state index contributed by atoms with van der Waals surface area (Å²) in [6, 6.07) is 13.1. The zero-order valence-electron chi connectivity index (χ0n) is 15.5. The van der Waals surface area contributed by atoms with Crippen LogP contribution in [-0.4, -0.2) is 37.7 Å². The Kier molecular flexibility index (Phi) is 4.90. The van der Waals surface area contributed by atoms with Crippen molar-refractivity contribution in [2.24, 2.45) is 0 Å². The molecule has 29 heavy (non-hydrogen) atoms. The van der Waals surface area contributed by atoms with Crippen molar-refractivity contribution in [1.82, 2.24) is 14.5 Å². The number of nitro groups is 1. The van der Waals surface area contributed by atoms with Crippen LogP contribution in [0.2, 0.25) is 0 Å². The van der Waals surface area contributed by atoms with Crippen LogP contribution in [0.15, 0.2) is 61.1 Å². The van der Waals surface area contributed by atoms with E-state index >= 15 is 0 Å². The van der Waals surface area contributed by atoms with Gasteiger partial charge in [0.1, 0.15) is 0 Å². The Labute approximate surface area is 166 Å². The maximum Gasteiger partial charge on any atom is 0.269 e. The Bertz CT molecular complexity index is 1050. The van der Waals surface area contributed by atoms with Crippen LogP contribution in [0, 0.1) is 10.1 Å². The normalized spacial score (nSPS) is 13.0. The summed E-state index contributed by atoms with van der Waals surface area (Å²) < 4.78 is 1.93. The number of hydrogen-bond donors (Lipinski definition) is 0. The van der Waals surface area contributed by atoms with Crippen molar-refractivity contribution in [1.29, 1.82) is 0 Å². The molecule has 8 nitrogen and oxygen atoms in total. The maximum atomic E-state index is 12.3. The topological polar surface area (TPSA) is 98.3 Å². The van der Waals surface area contributed by atoms with Crippen molar-refractivity contribution in [2.75, 3.05) is 6.54 Å². The number of non-ortho nitro benzene ring substituents is 1. The van der Waals surface area contributed by atoms with Crippen LogP contribution in [-0.2, 0) is 6.54 Å². The van der Waals surface area contributed by atoms with Gasteiger partial charge in [-0.1, -0.05) is 12.1 Å². The van der Waals surface area contributed by atoms with Gasteiger partial charge in [-0.2, -0.15) is 0 Å². The average molecular weight is 390 g/mol. The lowest BCUT2D eigenvalue weighted by atomic mass is 10.1. The molecule has 0 radical (unpaired) electrons. The maximum absolute atomic E-state index is 12.3.